The maximum Gasteiger partial charge on any atom is 0.0169 e. The maximum absolute atomic E-state index is 2.34. The zero-order valence-corrected chi connectivity index (χ0v) is 9.06. The molecule has 0 heteroatoms. The molecule has 0 saturated carbocycles. The van der Waals surface area contributed by atoms with Crippen LogP contribution in [0.3, 0.4) is 0 Å². The van der Waals surface area contributed by atoms with E-state index in [0.717, 1.165) is 6.42 Å². The van der Waals surface area contributed by atoms with Crippen molar-refractivity contribution in [1.29, 1.82) is 0 Å². The molecule has 0 heterocycles. The van der Waals surface area contributed by atoms with Gasteiger partial charge in [0, 0.05) is 5.92 Å². The number of hydrogen-bond donors (Lipinski definition) is 0. The Bertz CT molecular complexity index is 398. The van der Waals surface area contributed by atoms with Crippen LogP contribution in [0.2, 0.25) is 0 Å². The van der Waals surface area contributed by atoms with Crippen molar-refractivity contribution in [1.82, 2.24) is 0 Å². The molecule has 0 aromatic heterocycles. The first-order valence-electron chi connectivity index (χ1n) is 5.41. The van der Waals surface area contributed by atoms with Crippen molar-refractivity contribution in [3.8, 4) is 0 Å². The van der Waals surface area contributed by atoms with Crippen molar-refractivity contribution in [2.75, 3.05) is 0 Å². The second-order valence-electron chi connectivity index (χ2n) is 4.00. The van der Waals surface area contributed by atoms with Crippen molar-refractivity contribution in [2.45, 2.75) is 13.3 Å². The molecule has 1 unspecified atom stereocenters. The van der Waals surface area contributed by atoms with Crippen LogP contribution in [0.25, 0.3) is 0 Å². The van der Waals surface area contributed by atoms with Crippen LogP contribution in [0.4, 0.5) is 0 Å². The molecule has 0 amide bonds. The van der Waals surface area contributed by atoms with Crippen LogP contribution in [0.5, 0.6) is 0 Å². The molecule has 2 rings (SSSR count). The highest BCUT2D eigenvalue weighted by atomic mass is 14.2. The lowest BCUT2D eigenvalue weighted by atomic mass is 10.0. The lowest BCUT2D eigenvalue weighted by Gasteiger charge is -2.03. The van der Waals surface area contributed by atoms with Crippen LogP contribution in [0.15, 0.2) is 71.9 Å². The van der Waals surface area contributed by atoms with Gasteiger partial charge in [0.1, 0.15) is 0 Å². The summed E-state index contributed by atoms with van der Waals surface area (Å²) in [5.41, 5.74) is 2.96. The average molecular weight is 196 g/mol. The highest BCUT2D eigenvalue weighted by Crippen LogP contribution is 2.30. The van der Waals surface area contributed by atoms with E-state index in [1.165, 1.54) is 11.1 Å². The minimum Gasteiger partial charge on any atom is -0.0743 e. The zero-order chi connectivity index (χ0) is 10.5. The predicted molar refractivity (Wildman–Crippen MR) is 66.5 cm³/mol. The van der Waals surface area contributed by atoms with Gasteiger partial charge in [-0.2, -0.15) is 0 Å². The molecule has 0 aromatic rings. The molecule has 2 aliphatic carbocycles. The van der Waals surface area contributed by atoms with Crippen molar-refractivity contribution in [3.63, 3.8) is 0 Å². The van der Waals surface area contributed by atoms with Gasteiger partial charge < -0.3 is 0 Å². The second kappa shape index (κ2) is 4.79. The Morgan fingerprint density at radius 3 is 2.40 bits per heavy atom. The number of fused-ring (bicyclic) bond motifs is 1. The van der Waals surface area contributed by atoms with Crippen LogP contribution < -0.4 is 0 Å². The molecule has 0 bridgehead atoms. The predicted octanol–water partition coefficient (Wildman–Crippen LogP) is 4.12. The second-order valence-corrected chi connectivity index (χ2v) is 4.00. The Morgan fingerprint density at radius 1 is 0.933 bits per heavy atom. The average Bonchev–Trinajstić information content (AvgIpc) is 2.54. The Labute approximate surface area is 91.7 Å². The standard InChI is InChI=1S/C15H16/c1-13-11-14-9-7-5-3-2-4-6-8-10-15(14)12-13/h2-11,14H,12H2,1H3/b4-2-,5-3-,8-6-,9-7?,15-10-. The molecule has 0 aliphatic heterocycles. The normalized spacial score (nSPS) is 34.3. The molecular weight excluding hydrogens is 180 g/mol. The summed E-state index contributed by atoms with van der Waals surface area (Å²) in [5.74, 6) is 0.498. The molecule has 76 valence electrons. The van der Waals surface area contributed by atoms with Crippen molar-refractivity contribution in [2.24, 2.45) is 5.92 Å². The first-order chi connectivity index (χ1) is 7.36. The van der Waals surface area contributed by atoms with Crippen molar-refractivity contribution in [3.05, 3.63) is 71.9 Å². The number of hydrogen-bond acceptors (Lipinski definition) is 0. The first-order valence-corrected chi connectivity index (χ1v) is 5.41. The van der Waals surface area contributed by atoms with E-state index < -0.39 is 0 Å². The molecule has 0 saturated heterocycles. The van der Waals surface area contributed by atoms with Gasteiger partial charge in [-0.25, -0.2) is 0 Å². The fourth-order valence-electron chi connectivity index (χ4n) is 1.95. The summed E-state index contributed by atoms with van der Waals surface area (Å²) in [6.07, 6.45) is 22.5. The van der Waals surface area contributed by atoms with E-state index in [1.807, 2.05) is 6.08 Å². The molecule has 0 nitrogen and oxygen atoms in total. The Kier molecular flexibility index (Phi) is 3.18. The van der Waals surface area contributed by atoms with E-state index in [1.54, 1.807) is 0 Å². The molecule has 0 fully saturated rings. The number of allylic oxidation sites excluding steroid dienone is 12. The third-order valence-electron chi connectivity index (χ3n) is 2.67. The van der Waals surface area contributed by atoms with Gasteiger partial charge in [0.15, 0.2) is 0 Å². The quantitative estimate of drug-likeness (QED) is 0.511. The van der Waals surface area contributed by atoms with Gasteiger partial charge in [-0.3, -0.25) is 0 Å². The fraction of sp³-hybridized carbons (Fsp3) is 0.200. The summed E-state index contributed by atoms with van der Waals surface area (Å²) < 4.78 is 0. The van der Waals surface area contributed by atoms with Crippen LogP contribution in [-0.4, -0.2) is 0 Å². The minimum atomic E-state index is 0.498. The van der Waals surface area contributed by atoms with E-state index in [-0.39, 0.29) is 0 Å². The van der Waals surface area contributed by atoms with Gasteiger partial charge in [0.05, 0.1) is 0 Å². The summed E-state index contributed by atoms with van der Waals surface area (Å²) in [4.78, 5) is 0. The number of rotatable bonds is 0. The topological polar surface area (TPSA) is 0 Å². The minimum absolute atomic E-state index is 0.498. The van der Waals surface area contributed by atoms with E-state index in [0.29, 0.717) is 5.92 Å². The first kappa shape index (κ1) is 9.97. The summed E-state index contributed by atoms with van der Waals surface area (Å²) >= 11 is 0. The zero-order valence-electron chi connectivity index (χ0n) is 9.06. The molecule has 0 aromatic carbocycles. The monoisotopic (exact) mass is 196 g/mol. The lowest BCUT2D eigenvalue weighted by Crippen LogP contribution is -1.89. The highest BCUT2D eigenvalue weighted by molar-refractivity contribution is 5.37. The molecule has 0 radical (unpaired) electrons. The maximum atomic E-state index is 2.34. The fourth-order valence-corrected chi connectivity index (χ4v) is 1.95. The van der Waals surface area contributed by atoms with Gasteiger partial charge in [-0.05, 0) is 13.3 Å². The van der Waals surface area contributed by atoms with E-state index in [2.05, 4.69) is 61.6 Å². The molecule has 15 heavy (non-hydrogen) atoms. The molecule has 2 aliphatic rings. The molecular formula is C15H16. The van der Waals surface area contributed by atoms with Gasteiger partial charge in [-0.15, -0.1) is 0 Å². The summed E-state index contributed by atoms with van der Waals surface area (Å²) in [5, 5.41) is 0. The van der Waals surface area contributed by atoms with Crippen LogP contribution in [0, 0.1) is 5.92 Å². The van der Waals surface area contributed by atoms with E-state index in [4.69, 9.17) is 0 Å². The van der Waals surface area contributed by atoms with Crippen LogP contribution in [-0.2, 0) is 0 Å². The third kappa shape index (κ3) is 2.69. The van der Waals surface area contributed by atoms with Crippen LogP contribution >= 0.6 is 0 Å². The van der Waals surface area contributed by atoms with E-state index >= 15 is 0 Å². The molecule has 0 spiro atoms. The van der Waals surface area contributed by atoms with Crippen LogP contribution in [0.1, 0.15) is 13.3 Å². The lowest BCUT2D eigenvalue weighted by molar-refractivity contribution is 0.978. The van der Waals surface area contributed by atoms with Crippen molar-refractivity contribution < 1.29 is 0 Å². The van der Waals surface area contributed by atoms with Crippen molar-refractivity contribution >= 4 is 0 Å². The Balaban J connectivity index is 2.28. The molecule has 1 atom stereocenters. The third-order valence-corrected chi connectivity index (χ3v) is 2.67. The SMILES string of the molecule is CC1=CC2C=C\C=C/C=C\C=C/C=C\2C1. The summed E-state index contributed by atoms with van der Waals surface area (Å²) in [7, 11) is 0. The van der Waals surface area contributed by atoms with Gasteiger partial charge in [-0.1, -0.05) is 71.9 Å². The highest BCUT2D eigenvalue weighted by Gasteiger charge is 2.15. The molecule has 0 N–H and O–H groups in total. The summed E-state index contributed by atoms with van der Waals surface area (Å²) in [6, 6.07) is 0. The summed E-state index contributed by atoms with van der Waals surface area (Å²) in [6.45, 7) is 2.20. The Hall–Kier alpha value is -1.56. The Morgan fingerprint density at radius 2 is 1.60 bits per heavy atom. The van der Waals surface area contributed by atoms with Gasteiger partial charge in [0.25, 0.3) is 0 Å². The van der Waals surface area contributed by atoms with Gasteiger partial charge >= 0.3 is 0 Å². The van der Waals surface area contributed by atoms with E-state index in [9.17, 15) is 0 Å². The largest absolute Gasteiger partial charge is 0.0743 e. The van der Waals surface area contributed by atoms with Gasteiger partial charge in [0.2, 0.25) is 0 Å². The smallest absolute Gasteiger partial charge is 0.0169 e.